The molecule has 114 valence electrons. The summed E-state index contributed by atoms with van der Waals surface area (Å²) in [5.41, 5.74) is 4.20. The van der Waals surface area contributed by atoms with E-state index in [0.29, 0.717) is 0 Å². The van der Waals surface area contributed by atoms with Crippen LogP contribution in [-0.2, 0) is 13.0 Å². The normalized spacial score (nSPS) is 20.2. The summed E-state index contributed by atoms with van der Waals surface area (Å²) >= 11 is 0. The Hall–Kier alpha value is -1.32. The number of H-pyrrole nitrogens is 1. The van der Waals surface area contributed by atoms with Crippen molar-refractivity contribution in [2.45, 2.75) is 32.7 Å². The molecule has 0 saturated carbocycles. The molecule has 0 aliphatic carbocycles. The van der Waals surface area contributed by atoms with Crippen LogP contribution in [0.5, 0.6) is 0 Å². The van der Waals surface area contributed by atoms with Crippen molar-refractivity contribution in [1.29, 1.82) is 0 Å². The van der Waals surface area contributed by atoms with Crippen molar-refractivity contribution in [3.8, 4) is 0 Å². The Kier molecular flexibility index (Phi) is 4.61. The molecule has 0 spiro atoms. The number of hydrogen-bond acceptors (Lipinski definition) is 2. The molecule has 1 aromatic heterocycles. The fourth-order valence-electron chi connectivity index (χ4n) is 3.69. The predicted molar refractivity (Wildman–Crippen MR) is 89.6 cm³/mol. The predicted octanol–water partition coefficient (Wildman–Crippen LogP) is 3.16. The number of nitrogens with zero attached hydrogens (tertiary/aromatic N) is 1. The first-order chi connectivity index (χ1) is 10.3. The number of piperidine rings is 1. The van der Waals surface area contributed by atoms with Crippen LogP contribution in [0.4, 0.5) is 0 Å². The number of aryl methyl sites for hydroxylation is 1. The van der Waals surface area contributed by atoms with Gasteiger partial charge < -0.3 is 10.3 Å². The summed E-state index contributed by atoms with van der Waals surface area (Å²) in [6.07, 6.45) is 6.00. The number of hydrogen-bond donors (Lipinski definition) is 2. The SMILES string of the molecule is CCc1cccc2c(CN3CCCC(CNC)C3)c[nH]c12. The third kappa shape index (κ3) is 3.14. The Morgan fingerprint density at radius 2 is 2.24 bits per heavy atom. The summed E-state index contributed by atoms with van der Waals surface area (Å²) in [7, 11) is 2.06. The van der Waals surface area contributed by atoms with Crippen LogP contribution >= 0.6 is 0 Å². The molecule has 1 aliphatic rings. The van der Waals surface area contributed by atoms with Gasteiger partial charge in [0.05, 0.1) is 0 Å². The molecule has 3 heteroatoms. The third-order valence-corrected chi connectivity index (χ3v) is 4.76. The van der Waals surface area contributed by atoms with Crippen LogP contribution < -0.4 is 5.32 Å². The van der Waals surface area contributed by atoms with E-state index in [-0.39, 0.29) is 0 Å². The number of rotatable bonds is 5. The lowest BCUT2D eigenvalue weighted by molar-refractivity contribution is 0.167. The number of fused-ring (bicyclic) bond motifs is 1. The maximum absolute atomic E-state index is 3.49. The fraction of sp³-hybridized carbons (Fsp3) is 0.556. The van der Waals surface area contributed by atoms with E-state index in [1.807, 2.05) is 0 Å². The number of benzene rings is 1. The zero-order chi connectivity index (χ0) is 14.7. The zero-order valence-corrected chi connectivity index (χ0v) is 13.3. The van der Waals surface area contributed by atoms with E-state index in [2.05, 4.69) is 53.6 Å². The molecule has 21 heavy (non-hydrogen) atoms. The summed E-state index contributed by atoms with van der Waals surface area (Å²) < 4.78 is 0. The summed E-state index contributed by atoms with van der Waals surface area (Å²) in [5.74, 6) is 0.806. The van der Waals surface area contributed by atoms with Gasteiger partial charge in [0.1, 0.15) is 0 Å². The Morgan fingerprint density at radius 3 is 3.05 bits per heavy atom. The number of aromatic nitrogens is 1. The Morgan fingerprint density at radius 1 is 1.33 bits per heavy atom. The molecule has 3 nitrogen and oxygen atoms in total. The van der Waals surface area contributed by atoms with Gasteiger partial charge in [0, 0.05) is 30.2 Å². The molecule has 1 saturated heterocycles. The van der Waals surface area contributed by atoms with Crippen LogP contribution in [0.3, 0.4) is 0 Å². The molecular formula is C18H27N3. The maximum atomic E-state index is 3.49. The molecule has 1 fully saturated rings. The third-order valence-electron chi connectivity index (χ3n) is 4.76. The van der Waals surface area contributed by atoms with Gasteiger partial charge in [-0.25, -0.2) is 0 Å². The molecule has 1 atom stereocenters. The molecule has 2 heterocycles. The summed E-state index contributed by atoms with van der Waals surface area (Å²) in [4.78, 5) is 6.11. The summed E-state index contributed by atoms with van der Waals surface area (Å²) in [5, 5.41) is 4.74. The van der Waals surface area contributed by atoms with E-state index in [4.69, 9.17) is 0 Å². The fourth-order valence-corrected chi connectivity index (χ4v) is 3.69. The lowest BCUT2D eigenvalue weighted by Crippen LogP contribution is -2.38. The smallest absolute Gasteiger partial charge is 0.0489 e. The maximum Gasteiger partial charge on any atom is 0.0489 e. The van der Waals surface area contributed by atoms with Crippen molar-refractivity contribution in [2.75, 3.05) is 26.7 Å². The van der Waals surface area contributed by atoms with Crippen molar-refractivity contribution < 1.29 is 0 Å². The lowest BCUT2D eigenvalue weighted by atomic mass is 9.97. The molecule has 0 radical (unpaired) electrons. The molecule has 1 unspecified atom stereocenters. The van der Waals surface area contributed by atoms with Crippen LogP contribution in [0.1, 0.15) is 30.9 Å². The first-order valence-electron chi connectivity index (χ1n) is 8.26. The molecule has 1 aliphatic heterocycles. The molecule has 0 amide bonds. The highest BCUT2D eigenvalue weighted by Gasteiger charge is 2.20. The number of nitrogens with one attached hydrogen (secondary N) is 2. The second-order valence-corrected chi connectivity index (χ2v) is 6.31. The average Bonchev–Trinajstić information content (AvgIpc) is 2.91. The van der Waals surface area contributed by atoms with Crippen LogP contribution in [0.2, 0.25) is 0 Å². The minimum Gasteiger partial charge on any atom is -0.361 e. The quantitative estimate of drug-likeness (QED) is 0.884. The molecule has 2 N–H and O–H groups in total. The number of aromatic amines is 1. The standard InChI is InChI=1S/C18H27N3/c1-3-15-7-4-8-17-16(11-20-18(15)17)13-21-9-5-6-14(12-21)10-19-2/h4,7-8,11,14,19-20H,3,5-6,9-10,12-13H2,1-2H3. The van der Waals surface area contributed by atoms with Gasteiger partial charge in [-0.05, 0) is 56.4 Å². The van der Waals surface area contributed by atoms with Crippen molar-refractivity contribution >= 4 is 10.9 Å². The zero-order valence-electron chi connectivity index (χ0n) is 13.3. The minimum absolute atomic E-state index is 0.806. The van der Waals surface area contributed by atoms with Gasteiger partial charge in [-0.1, -0.05) is 25.1 Å². The monoisotopic (exact) mass is 285 g/mol. The second-order valence-electron chi connectivity index (χ2n) is 6.31. The van der Waals surface area contributed by atoms with Crippen molar-refractivity contribution in [1.82, 2.24) is 15.2 Å². The van der Waals surface area contributed by atoms with Gasteiger partial charge in [-0.2, -0.15) is 0 Å². The van der Waals surface area contributed by atoms with Gasteiger partial charge in [0.15, 0.2) is 0 Å². The van der Waals surface area contributed by atoms with Crippen LogP contribution in [0, 0.1) is 5.92 Å². The highest BCUT2D eigenvalue weighted by molar-refractivity contribution is 5.86. The van der Waals surface area contributed by atoms with E-state index in [0.717, 1.165) is 25.4 Å². The molecule has 2 aromatic rings. The second kappa shape index (κ2) is 6.63. The van der Waals surface area contributed by atoms with Gasteiger partial charge >= 0.3 is 0 Å². The topological polar surface area (TPSA) is 31.1 Å². The Balaban J connectivity index is 1.76. The molecule has 3 rings (SSSR count). The number of likely N-dealkylation sites (tertiary alicyclic amines) is 1. The number of para-hydroxylation sites is 1. The summed E-state index contributed by atoms with van der Waals surface area (Å²) in [6.45, 7) is 6.90. The van der Waals surface area contributed by atoms with Gasteiger partial charge in [0.25, 0.3) is 0 Å². The summed E-state index contributed by atoms with van der Waals surface area (Å²) in [6, 6.07) is 6.68. The molecule has 1 aromatic carbocycles. The van der Waals surface area contributed by atoms with Crippen LogP contribution in [0.25, 0.3) is 10.9 Å². The van der Waals surface area contributed by atoms with Gasteiger partial charge in [0.2, 0.25) is 0 Å². The Labute approximate surface area is 127 Å². The van der Waals surface area contributed by atoms with Crippen molar-refractivity contribution in [3.63, 3.8) is 0 Å². The highest BCUT2D eigenvalue weighted by Crippen LogP contribution is 2.25. The Bertz CT molecular complexity index is 585. The highest BCUT2D eigenvalue weighted by atomic mass is 15.1. The van der Waals surface area contributed by atoms with Crippen LogP contribution in [0.15, 0.2) is 24.4 Å². The van der Waals surface area contributed by atoms with E-state index >= 15 is 0 Å². The van der Waals surface area contributed by atoms with E-state index < -0.39 is 0 Å². The van der Waals surface area contributed by atoms with Crippen molar-refractivity contribution in [3.05, 3.63) is 35.5 Å². The largest absolute Gasteiger partial charge is 0.361 e. The van der Waals surface area contributed by atoms with Crippen molar-refractivity contribution in [2.24, 2.45) is 5.92 Å². The van der Waals surface area contributed by atoms with Crippen LogP contribution in [-0.4, -0.2) is 36.6 Å². The first kappa shape index (κ1) is 14.6. The minimum atomic E-state index is 0.806. The lowest BCUT2D eigenvalue weighted by Gasteiger charge is -2.32. The average molecular weight is 285 g/mol. The first-order valence-corrected chi connectivity index (χ1v) is 8.26. The van der Waals surface area contributed by atoms with E-state index in [9.17, 15) is 0 Å². The molecule has 0 bridgehead atoms. The van der Waals surface area contributed by atoms with E-state index in [1.165, 1.54) is 48.0 Å². The van der Waals surface area contributed by atoms with Gasteiger partial charge in [-0.15, -0.1) is 0 Å². The van der Waals surface area contributed by atoms with Gasteiger partial charge in [-0.3, -0.25) is 4.90 Å². The van der Waals surface area contributed by atoms with E-state index in [1.54, 1.807) is 0 Å². The molecular weight excluding hydrogens is 258 g/mol.